The van der Waals surface area contributed by atoms with Gasteiger partial charge in [-0.1, -0.05) is 41.4 Å². The van der Waals surface area contributed by atoms with Crippen molar-refractivity contribution in [2.75, 3.05) is 12.4 Å². The molecule has 0 bridgehead atoms. The number of aryl methyl sites for hydroxylation is 2. The van der Waals surface area contributed by atoms with Gasteiger partial charge in [-0.25, -0.2) is 9.36 Å². The van der Waals surface area contributed by atoms with Crippen LogP contribution in [0, 0.1) is 13.8 Å². The highest BCUT2D eigenvalue weighted by atomic mass is 35.5. The number of aromatic nitrogens is 2. The third kappa shape index (κ3) is 4.19. The van der Waals surface area contributed by atoms with Gasteiger partial charge in [0.2, 0.25) is 11.8 Å². The Balaban J connectivity index is 1.62. The molecule has 1 N–H and O–H groups in total. The van der Waals surface area contributed by atoms with Crippen LogP contribution in [0.2, 0.25) is 5.02 Å². The fourth-order valence-electron chi connectivity index (χ4n) is 4.40. The van der Waals surface area contributed by atoms with Crippen molar-refractivity contribution in [1.29, 1.82) is 0 Å². The van der Waals surface area contributed by atoms with Crippen LogP contribution in [-0.2, 0) is 17.8 Å². The van der Waals surface area contributed by atoms with E-state index in [4.69, 9.17) is 21.1 Å². The summed E-state index contributed by atoms with van der Waals surface area (Å²) in [6.45, 7) is 3.80. The number of nitrogens with zero attached hydrogens (tertiary/aromatic N) is 2. The maximum absolute atomic E-state index is 13.7. The molecule has 1 aliphatic rings. The number of ether oxygens (including phenoxy) is 2. The second-order valence-corrected chi connectivity index (χ2v) is 8.97. The van der Waals surface area contributed by atoms with Gasteiger partial charge in [0.1, 0.15) is 6.54 Å². The van der Waals surface area contributed by atoms with Gasteiger partial charge < -0.3 is 14.8 Å². The van der Waals surface area contributed by atoms with Gasteiger partial charge in [-0.15, -0.1) is 0 Å². The zero-order chi connectivity index (χ0) is 24.7. The highest BCUT2D eigenvalue weighted by Gasteiger charge is 2.31. The molecule has 0 spiro atoms. The van der Waals surface area contributed by atoms with Gasteiger partial charge in [0, 0.05) is 22.7 Å². The lowest BCUT2D eigenvalue weighted by molar-refractivity contribution is -0.117. The number of benzene rings is 3. The van der Waals surface area contributed by atoms with E-state index in [1.807, 2.05) is 44.2 Å². The highest BCUT2D eigenvalue weighted by Crippen LogP contribution is 2.42. The summed E-state index contributed by atoms with van der Waals surface area (Å²) in [5, 5.41) is 3.44. The first-order valence-corrected chi connectivity index (χ1v) is 11.5. The number of methoxy groups -OCH3 is 1. The van der Waals surface area contributed by atoms with Gasteiger partial charge in [0.15, 0.2) is 11.5 Å². The van der Waals surface area contributed by atoms with Crippen LogP contribution in [0.4, 0.5) is 5.69 Å². The molecule has 8 heteroatoms. The third-order valence-corrected chi connectivity index (χ3v) is 6.28. The molecule has 0 fully saturated rings. The van der Waals surface area contributed by atoms with E-state index in [1.165, 1.54) is 4.68 Å². The number of carbonyl (C=O) groups excluding carboxylic acids is 1. The second-order valence-electron chi connectivity index (χ2n) is 8.53. The third-order valence-electron chi connectivity index (χ3n) is 6.03. The standard InChI is InChI=1S/C27H24ClN3O4/c1-16-7-12-22(17(2)13-16)31-26(33)21-14-18-5-4-6-23(34-3)25(18)35-27(21)30(31)15-24(32)29-20-10-8-19(28)9-11-20/h4-13H,14-15H2,1-3H3,(H,29,32). The van der Waals surface area contributed by atoms with E-state index < -0.39 is 0 Å². The average molecular weight is 490 g/mol. The number of amides is 1. The molecular weight excluding hydrogens is 466 g/mol. The van der Waals surface area contributed by atoms with Gasteiger partial charge in [0.05, 0.1) is 18.4 Å². The van der Waals surface area contributed by atoms with Gasteiger partial charge in [0.25, 0.3) is 5.56 Å². The van der Waals surface area contributed by atoms with E-state index in [9.17, 15) is 9.59 Å². The molecule has 1 aromatic heterocycles. The lowest BCUT2D eigenvalue weighted by Gasteiger charge is -2.21. The normalized spacial score (nSPS) is 11.9. The van der Waals surface area contributed by atoms with Gasteiger partial charge >= 0.3 is 0 Å². The maximum atomic E-state index is 13.7. The predicted octanol–water partition coefficient (Wildman–Crippen LogP) is 5.25. The number of carbonyl (C=O) groups is 1. The minimum Gasteiger partial charge on any atom is -0.493 e. The highest BCUT2D eigenvalue weighted by molar-refractivity contribution is 6.30. The Bertz CT molecular complexity index is 1500. The number of para-hydroxylation sites is 1. The number of halogens is 1. The molecule has 1 aliphatic heterocycles. The molecule has 1 amide bonds. The molecule has 3 aromatic carbocycles. The molecule has 5 rings (SSSR count). The molecule has 0 aliphatic carbocycles. The van der Waals surface area contributed by atoms with Crippen molar-refractivity contribution in [2.45, 2.75) is 26.8 Å². The van der Waals surface area contributed by atoms with E-state index in [2.05, 4.69) is 5.32 Å². The van der Waals surface area contributed by atoms with Crippen LogP contribution in [0.25, 0.3) is 5.69 Å². The van der Waals surface area contributed by atoms with Gasteiger partial charge in [-0.05, 0) is 55.8 Å². The fourth-order valence-corrected chi connectivity index (χ4v) is 4.53. The maximum Gasteiger partial charge on any atom is 0.278 e. The van der Waals surface area contributed by atoms with Crippen molar-refractivity contribution >= 4 is 23.2 Å². The largest absolute Gasteiger partial charge is 0.493 e. The minimum atomic E-state index is -0.307. The van der Waals surface area contributed by atoms with Crippen LogP contribution < -0.4 is 20.3 Å². The van der Waals surface area contributed by atoms with Crippen molar-refractivity contribution in [1.82, 2.24) is 9.36 Å². The number of hydrogen-bond acceptors (Lipinski definition) is 4. The predicted molar refractivity (Wildman–Crippen MR) is 135 cm³/mol. The summed E-state index contributed by atoms with van der Waals surface area (Å²) in [6.07, 6.45) is 0.372. The number of nitrogens with one attached hydrogen (secondary N) is 1. The summed E-state index contributed by atoms with van der Waals surface area (Å²) >= 11 is 5.96. The molecule has 35 heavy (non-hydrogen) atoms. The fraction of sp³-hybridized carbons (Fsp3) is 0.185. The summed E-state index contributed by atoms with van der Waals surface area (Å²) in [5.41, 5.74) is 4.41. The Kier molecular flexibility index (Phi) is 5.86. The zero-order valence-electron chi connectivity index (χ0n) is 19.6. The van der Waals surface area contributed by atoms with E-state index >= 15 is 0 Å². The SMILES string of the molecule is COc1cccc2c1Oc1c(c(=O)n(-c3ccc(C)cc3C)n1CC(=O)Nc1ccc(Cl)cc1)C2. The van der Waals surface area contributed by atoms with E-state index in [-0.39, 0.29) is 18.0 Å². The van der Waals surface area contributed by atoms with E-state index in [1.54, 1.807) is 42.1 Å². The average Bonchev–Trinajstić information content (AvgIpc) is 3.09. The van der Waals surface area contributed by atoms with Crippen molar-refractivity contribution in [3.05, 3.63) is 98.3 Å². The Morgan fingerprint density at radius 3 is 2.60 bits per heavy atom. The Labute approximate surface area is 207 Å². The monoisotopic (exact) mass is 489 g/mol. The first kappa shape index (κ1) is 22.8. The van der Waals surface area contributed by atoms with Crippen LogP contribution in [0.5, 0.6) is 17.4 Å². The topological polar surface area (TPSA) is 74.5 Å². The summed E-state index contributed by atoms with van der Waals surface area (Å²) in [6, 6.07) is 18.3. The summed E-state index contributed by atoms with van der Waals surface area (Å²) in [4.78, 5) is 26.8. The quantitative estimate of drug-likeness (QED) is 0.366. The number of fused-ring (bicyclic) bond motifs is 2. The summed E-state index contributed by atoms with van der Waals surface area (Å²) in [5.74, 6) is 1.14. The molecule has 0 radical (unpaired) electrons. The molecule has 7 nitrogen and oxygen atoms in total. The Morgan fingerprint density at radius 2 is 1.89 bits per heavy atom. The minimum absolute atomic E-state index is 0.134. The van der Waals surface area contributed by atoms with Gasteiger partial charge in [-0.2, -0.15) is 0 Å². The number of hydrogen-bond donors (Lipinski definition) is 1. The van der Waals surface area contributed by atoms with Crippen molar-refractivity contribution in [3.63, 3.8) is 0 Å². The number of anilines is 1. The van der Waals surface area contributed by atoms with Crippen molar-refractivity contribution in [3.8, 4) is 23.1 Å². The summed E-state index contributed by atoms with van der Waals surface area (Å²) < 4.78 is 14.9. The molecule has 178 valence electrons. The van der Waals surface area contributed by atoms with Crippen LogP contribution in [0.15, 0.2) is 65.5 Å². The lowest BCUT2D eigenvalue weighted by Crippen LogP contribution is -2.28. The molecule has 0 atom stereocenters. The Morgan fingerprint density at radius 1 is 1.11 bits per heavy atom. The molecular formula is C27H24ClN3O4. The second kappa shape index (κ2) is 9.00. The Hall–Kier alpha value is -3.97. The molecule has 0 saturated carbocycles. The molecule has 0 saturated heterocycles. The number of rotatable bonds is 5. The molecule has 2 heterocycles. The smallest absolute Gasteiger partial charge is 0.278 e. The van der Waals surface area contributed by atoms with Crippen LogP contribution in [0.1, 0.15) is 22.3 Å². The van der Waals surface area contributed by atoms with Crippen molar-refractivity contribution in [2.24, 2.45) is 0 Å². The van der Waals surface area contributed by atoms with E-state index in [0.29, 0.717) is 45.8 Å². The molecule has 0 unspecified atom stereocenters. The van der Waals surface area contributed by atoms with Crippen molar-refractivity contribution < 1.29 is 14.3 Å². The van der Waals surface area contributed by atoms with Crippen LogP contribution in [-0.4, -0.2) is 22.4 Å². The molecule has 4 aromatic rings. The first-order valence-electron chi connectivity index (χ1n) is 11.2. The first-order chi connectivity index (χ1) is 16.9. The van der Waals surface area contributed by atoms with Crippen LogP contribution >= 0.6 is 11.6 Å². The lowest BCUT2D eigenvalue weighted by atomic mass is 10.0. The van der Waals surface area contributed by atoms with Gasteiger partial charge in [-0.3, -0.25) is 9.59 Å². The van der Waals surface area contributed by atoms with E-state index in [0.717, 1.165) is 16.7 Å². The van der Waals surface area contributed by atoms with Crippen LogP contribution in [0.3, 0.4) is 0 Å². The summed E-state index contributed by atoms with van der Waals surface area (Å²) in [7, 11) is 1.57. The zero-order valence-corrected chi connectivity index (χ0v) is 20.3.